The molecule has 2 fully saturated rings. The molecule has 0 bridgehead atoms. The molecule has 7 nitrogen and oxygen atoms in total. The van der Waals surface area contributed by atoms with Crippen molar-refractivity contribution in [3.8, 4) is 0 Å². The second-order valence-corrected chi connectivity index (χ2v) is 7.85. The van der Waals surface area contributed by atoms with E-state index in [2.05, 4.69) is 20.8 Å². The lowest BCUT2D eigenvalue weighted by Crippen LogP contribution is -2.57. The van der Waals surface area contributed by atoms with Crippen LogP contribution in [-0.4, -0.2) is 45.0 Å². The molecule has 0 radical (unpaired) electrons. The third-order valence-electron chi connectivity index (χ3n) is 3.84. The van der Waals surface area contributed by atoms with Gasteiger partial charge in [0.05, 0.1) is 4.75 Å². The number of rotatable bonds is 5. The van der Waals surface area contributed by atoms with Crippen LogP contribution in [0.5, 0.6) is 0 Å². The van der Waals surface area contributed by atoms with E-state index in [1.165, 1.54) is 11.8 Å². The third-order valence-corrected chi connectivity index (χ3v) is 5.25. The van der Waals surface area contributed by atoms with E-state index in [1.807, 2.05) is 13.8 Å². The third kappa shape index (κ3) is 3.43. The molecule has 1 aromatic rings. The first-order valence-corrected chi connectivity index (χ1v) is 8.49. The van der Waals surface area contributed by atoms with Crippen molar-refractivity contribution < 1.29 is 14.1 Å². The number of carbonyl (C=O) groups excluding carboxylic acids is 2. The average molecular weight is 324 g/mol. The van der Waals surface area contributed by atoms with Crippen LogP contribution in [0.3, 0.4) is 0 Å². The molecule has 1 aliphatic heterocycles. The minimum Gasteiger partial charge on any atom is -0.354 e. The summed E-state index contributed by atoms with van der Waals surface area (Å²) in [5.74, 6) is 2.10. The van der Waals surface area contributed by atoms with Crippen molar-refractivity contribution >= 4 is 23.6 Å². The van der Waals surface area contributed by atoms with Crippen LogP contribution < -0.4 is 10.6 Å². The van der Waals surface area contributed by atoms with Gasteiger partial charge in [0, 0.05) is 24.6 Å². The first kappa shape index (κ1) is 15.3. The van der Waals surface area contributed by atoms with E-state index >= 15 is 0 Å². The van der Waals surface area contributed by atoms with Gasteiger partial charge < -0.3 is 15.2 Å². The summed E-state index contributed by atoms with van der Waals surface area (Å²) < 4.78 is 4.68. The number of nitrogens with zero attached hydrogens (tertiary/aromatic N) is 2. The van der Waals surface area contributed by atoms with Crippen LogP contribution in [0, 0.1) is 0 Å². The predicted octanol–water partition coefficient (Wildman–Crippen LogP) is 0.616. The first-order valence-electron chi connectivity index (χ1n) is 7.51. The molecule has 0 aromatic carbocycles. The number of hydrogen-bond acceptors (Lipinski definition) is 6. The van der Waals surface area contributed by atoms with Gasteiger partial charge in [0.25, 0.3) is 0 Å². The smallest absolute Gasteiger partial charge is 0.243 e. The van der Waals surface area contributed by atoms with Crippen LogP contribution in [0.4, 0.5) is 0 Å². The molecule has 1 unspecified atom stereocenters. The Morgan fingerprint density at radius 2 is 2.27 bits per heavy atom. The Balaban J connectivity index is 1.43. The number of amides is 2. The van der Waals surface area contributed by atoms with Gasteiger partial charge in [-0.25, -0.2) is 0 Å². The molecule has 1 atom stereocenters. The van der Waals surface area contributed by atoms with E-state index in [-0.39, 0.29) is 11.8 Å². The summed E-state index contributed by atoms with van der Waals surface area (Å²) in [7, 11) is 0. The maximum absolute atomic E-state index is 12.1. The highest BCUT2D eigenvalue weighted by atomic mass is 32.2. The number of hydrogen-bond donors (Lipinski definition) is 2. The molecule has 2 aliphatic rings. The maximum atomic E-state index is 12.1. The van der Waals surface area contributed by atoms with Gasteiger partial charge in [-0.2, -0.15) is 4.98 Å². The van der Waals surface area contributed by atoms with Gasteiger partial charge in [-0.1, -0.05) is 5.16 Å². The van der Waals surface area contributed by atoms with Crippen LogP contribution in [0.1, 0.15) is 44.3 Å². The summed E-state index contributed by atoms with van der Waals surface area (Å²) in [6.45, 7) is 4.13. The van der Waals surface area contributed by atoms with E-state index in [0.29, 0.717) is 30.5 Å². The molecule has 1 saturated carbocycles. The summed E-state index contributed by atoms with van der Waals surface area (Å²) in [5.41, 5.74) is 0. The predicted molar refractivity (Wildman–Crippen MR) is 81.5 cm³/mol. The molecule has 120 valence electrons. The summed E-state index contributed by atoms with van der Waals surface area (Å²) in [5, 5.41) is 9.50. The number of thioether (sulfide) groups is 1. The zero-order valence-electron chi connectivity index (χ0n) is 12.7. The SMILES string of the molecule is CC1(C)SCC(C(=O)NCCc2nc(C3CC3)no2)NC1=O. The maximum Gasteiger partial charge on any atom is 0.243 e. The van der Waals surface area contributed by atoms with E-state index in [9.17, 15) is 9.59 Å². The molecule has 22 heavy (non-hydrogen) atoms. The van der Waals surface area contributed by atoms with Crippen LogP contribution >= 0.6 is 11.8 Å². The molecule has 0 spiro atoms. The van der Waals surface area contributed by atoms with Crippen molar-refractivity contribution in [3.05, 3.63) is 11.7 Å². The Kier molecular flexibility index (Phi) is 4.12. The van der Waals surface area contributed by atoms with Crippen molar-refractivity contribution in [1.29, 1.82) is 0 Å². The summed E-state index contributed by atoms with van der Waals surface area (Å²) in [6, 6.07) is -0.477. The fourth-order valence-corrected chi connectivity index (χ4v) is 3.17. The highest BCUT2D eigenvalue weighted by Gasteiger charge is 2.37. The number of aromatic nitrogens is 2. The topological polar surface area (TPSA) is 97.1 Å². The summed E-state index contributed by atoms with van der Waals surface area (Å²) in [6.07, 6.45) is 2.76. The Labute approximate surface area is 133 Å². The molecule has 3 rings (SSSR count). The van der Waals surface area contributed by atoms with E-state index in [1.54, 1.807) is 0 Å². The van der Waals surface area contributed by atoms with Gasteiger partial charge in [-0.3, -0.25) is 9.59 Å². The molecule has 2 heterocycles. The second kappa shape index (κ2) is 5.91. The quantitative estimate of drug-likeness (QED) is 0.824. The zero-order chi connectivity index (χ0) is 15.7. The Bertz CT molecular complexity index is 582. The molecule has 1 saturated heterocycles. The minimum atomic E-state index is -0.477. The average Bonchev–Trinajstić information content (AvgIpc) is 3.22. The second-order valence-electron chi connectivity index (χ2n) is 6.21. The summed E-state index contributed by atoms with van der Waals surface area (Å²) in [4.78, 5) is 28.2. The van der Waals surface area contributed by atoms with Crippen LogP contribution in [0.2, 0.25) is 0 Å². The van der Waals surface area contributed by atoms with Crippen LogP contribution in [-0.2, 0) is 16.0 Å². The van der Waals surface area contributed by atoms with Gasteiger partial charge in [0.15, 0.2) is 5.82 Å². The Morgan fingerprint density at radius 3 is 2.95 bits per heavy atom. The highest BCUT2D eigenvalue weighted by molar-refractivity contribution is 8.01. The molecule has 1 aromatic heterocycles. The van der Waals surface area contributed by atoms with E-state index < -0.39 is 10.8 Å². The normalized spacial score (nSPS) is 23.9. The monoisotopic (exact) mass is 324 g/mol. The molecular weight excluding hydrogens is 304 g/mol. The summed E-state index contributed by atoms with van der Waals surface area (Å²) >= 11 is 1.49. The zero-order valence-corrected chi connectivity index (χ0v) is 13.5. The van der Waals surface area contributed by atoms with Crippen molar-refractivity contribution in [2.45, 2.75) is 49.8 Å². The van der Waals surface area contributed by atoms with Crippen molar-refractivity contribution in [3.63, 3.8) is 0 Å². The molecule has 2 N–H and O–H groups in total. The first-order chi connectivity index (χ1) is 10.5. The standard InChI is InChI=1S/C14H20N4O3S/c1-14(2)13(20)16-9(7-22-14)12(19)15-6-5-10-17-11(18-21-10)8-3-4-8/h8-9H,3-7H2,1-2H3,(H,15,19)(H,16,20). The van der Waals surface area contributed by atoms with Crippen LogP contribution in [0.25, 0.3) is 0 Å². The van der Waals surface area contributed by atoms with Crippen molar-refractivity contribution in [2.24, 2.45) is 0 Å². The van der Waals surface area contributed by atoms with Gasteiger partial charge >= 0.3 is 0 Å². The van der Waals surface area contributed by atoms with Crippen LogP contribution in [0.15, 0.2) is 4.52 Å². The molecular formula is C14H20N4O3S. The fraction of sp³-hybridized carbons (Fsp3) is 0.714. The minimum absolute atomic E-state index is 0.102. The molecule has 2 amide bonds. The van der Waals surface area contributed by atoms with Gasteiger partial charge in [0.1, 0.15) is 6.04 Å². The Morgan fingerprint density at radius 1 is 1.50 bits per heavy atom. The van der Waals surface area contributed by atoms with E-state index in [4.69, 9.17) is 4.52 Å². The lowest BCUT2D eigenvalue weighted by Gasteiger charge is -2.32. The van der Waals surface area contributed by atoms with Gasteiger partial charge in [-0.15, -0.1) is 11.8 Å². The highest BCUT2D eigenvalue weighted by Crippen LogP contribution is 2.38. The molecule has 8 heteroatoms. The Hall–Kier alpha value is -1.57. The largest absolute Gasteiger partial charge is 0.354 e. The lowest BCUT2D eigenvalue weighted by atomic mass is 10.1. The van der Waals surface area contributed by atoms with Gasteiger partial charge in [-0.05, 0) is 26.7 Å². The number of nitrogens with one attached hydrogen (secondary N) is 2. The fourth-order valence-electron chi connectivity index (χ4n) is 2.16. The van der Waals surface area contributed by atoms with E-state index in [0.717, 1.165) is 18.7 Å². The van der Waals surface area contributed by atoms with Crippen molar-refractivity contribution in [2.75, 3.05) is 12.3 Å². The number of carbonyl (C=O) groups is 2. The lowest BCUT2D eigenvalue weighted by molar-refractivity contribution is -0.129. The van der Waals surface area contributed by atoms with Gasteiger partial charge in [0.2, 0.25) is 17.7 Å². The van der Waals surface area contributed by atoms with Crippen molar-refractivity contribution in [1.82, 2.24) is 20.8 Å². The molecule has 1 aliphatic carbocycles.